The van der Waals surface area contributed by atoms with Gasteiger partial charge in [-0.3, -0.25) is 4.79 Å². The highest BCUT2D eigenvalue weighted by atomic mass is 79.9. The molecular weight excluding hydrogens is 460 g/mol. The summed E-state index contributed by atoms with van der Waals surface area (Å²) in [5.74, 6) is 1.40. The van der Waals surface area contributed by atoms with Crippen LogP contribution < -0.4 is 10.3 Å². The molecule has 1 aromatic heterocycles. The van der Waals surface area contributed by atoms with Crippen LogP contribution in [0.4, 0.5) is 0 Å². The Morgan fingerprint density at radius 3 is 2.60 bits per heavy atom. The van der Waals surface area contributed by atoms with Crippen molar-refractivity contribution in [3.8, 4) is 22.9 Å². The smallest absolute Gasteiger partial charge is 0.256 e. The van der Waals surface area contributed by atoms with Crippen molar-refractivity contribution in [2.24, 2.45) is 0 Å². The lowest BCUT2D eigenvalue weighted by Gasteiger charge is -2.11. The van der Waals surface area contributed by atoms with Crippen LogP contribution in [0.25, 0.3) is 22.0 Å². The van der Waals surface area contributed by atoms with Crippen molar-refractivity contribution in [1.82, 2.24) is 4.98 Å². The topological polar surface area (TPSA) is 65.9 Å². The van der Waals surface area contributed by atoms with Crippen LogP contribution in [-0.4, -0.2) is 12.1 Å². The normalized spacial score (nSPS) is 10.7. The summed E-state index contributed by atoms with van der Waals surface area (Å²) >= 11 is 5.11. The number of aromatic amines is 1. The monoisotopic (exact) mass is 476 g/mol. The molecule has 0 aliphatic rings. The van der Waals surface area contributed by atoms with Crippen LogP contribution in [0.3, 0.4) is 0 Å². The molecule has 3 aromatic carbocycles. The molecule has 0 amide bonds. The van der Waals surface area contributed by atoms with E-state index in [-0.39, 0.29) is 5.56 Å². The lowest BCUT2D eigenvalue weighted by molar-refractivity contribution is 0.416. The molecule has 4 aromatic rings. The van der Waals surface area contributed by atoms with Gasteiger partial charge >= 0.3 is 0 Å². The summed E-state index contributed by atoms with van der Waals surface area (Å²) in [7, 11) is 1.55. The maximum atomic E-state index is 12.8. The highest BCUT2D eigenvalue weighted by Gasteiger charge is 2.15. The third-order valence-corrected chi connectivity index (χ3v) is 6.48. The molecule has 0 saturated carbocycles. The van der Waals surface area contributed by atoms with Crippen molar-refractivity contribution >= 4 is 38.6 Å². The van der Waals surface area contributed by atoms with Gasteiger partial charge in [-0.2, -0.15) is 5.26 Å². The molecule has 4 rings (SSSR count). The summed E-state index contributed by atoms with van der Waals surface area (Å²) in [6.45, 7) is 0. The molecule has 30 heavy (non-hydrogen) atoms. The van der Waals surface area contributed by atoms with Crippen molar-refractivity contribution in [3.05, 3.63) is 92.7 Å². The average Bonchev–Trinajstić information content (AvgIpc) is 2.78. The van der Waals surface area contributed by atoms with E-state index in [4.69, 9.17) is 4.74 Å². The van der Waals surface area contributed by atoms with Gasteiger partial charge in [0.25, 0.3) is 5.56 Å². The zero-order valence-electron chi connectivity index (χ0n) is 16.1. The fourth-order valence-corrected chi connectivity index (χ4v) is 4.55. The summed E-state index contributed by atoms with van der Waals surface area (Å²) in [5.41, 5.74) is 3.29. The van der Waals surface area contributed by atoms with Gasteiger partial charge in [-0.15, -0.1) is 11.8 Å². The molecule has 0 atom stereocenters. The van der Waals surface area contributed by atoms with Crippen LogP contribution in [0.2, 0.25) is 0 Å². The van der Waals surface area contributed by atoms with Crippen molar-refractivity contribution in [1.29, 1.82) is 5.26 Å². The van der Waals surface area contributed by atoms with E-state index in [0.29, 0.717) is 26.9 Å². The summed E-state index contributed by atoms with van der Waals surface area (Å²) in [6.07, 6.45) is 0. The van der Waals surface area contributed by atoms with E-state index in [2.05, 4.69) is 45.2 Å². The second-order valence-corrected chi connectivity index (χ2v) is 8.58. The number of halogens is 1. The largest absolute Gasteiger partial charge is 0.496 e. The number of pyridine rings is 1. The number of nitrogens with zero attached hydrogens (tertiary/aromatic N) is 1. The Kier molecular flexibility index (Phi) is 5.93. The predicted molar refractivity (Wildman–Crippen MR) is 125 cm³/mol. The molecule has 148 valence electrons. The van der Waals surface area contributed by atoms with Gasteiger partial charge < -0.3 is 9.72 Å². The molecule has 0 saturated heterocycles. The Hall–Kier alpha value is -3.01. The Morgan fingerprint density at radius 2 is 1.87 bits per heavy atom. The van der Waals surface area contributed by atoms with Gasteiger partial charge in [0, 0.05) is 26.2 Å². The number of ether oxygens (including phenoxy) is 1. The van der Waals surface area contributed by atoms with Gasteiger partial charge in [0.05, 0.1) is 18.2 Å². The van der Waals surface area contributed by atoms with Gasteiger partial charge in [0.15, 0.2) is 0 Å². The summed E-state index contributed by atoms with van der Waals surface area (Å²) in [4.78, 5) is 16.8. The number of hydrogen-bond acceptors (Lipinski definition) is 4. The Bertz CT molecular complexity index is 1330. The van der Waals surface area contributed by atoms with Crippen molar-refractivity contribution < 1.29 is 4.74 Å². The van der Waals surface area contributed by atoms with E-state index in [1.807, 2.05) is 36.4 Å². The third-order valence-electron chi connectivity index (χ3n) is 4.76. The second-order valence-electron chi connectivity index (χ2n) is 6.68. The summed E-state index contributed by atoms with van der Waals surface area (Å²) in [6, 6.07) is 23.7. The van der Waals surface area contributed by atoms with E-state index < -0.39 is 0 Å². The maximum Gasteiger partial charge on any atom is 0.256 e. The second kappa shape index (κ2) is 8.78. The molecule has 1 heterocycles. The predicted octanol–water partition coefficient (Wildman–Crippen LogP) is 6.13. The number of methoxy groups -OCH3 is 1. The number of H-pyrrole nitrogens is 1. The molecule has 4 nitrogen and oxygen atoms in total. The first-order chi connectivity index (χ1) is 14.6. The summed E-state index contributed by atoms with van der Waals surface area (Å²) < 4.78 is 6.09. The van der Waals surface area contributed by atoms with Crippen LogP contribution in [0.15, 0.2) is 80.9 Å². The minimum Gasteiger partial charge on any atom is -0.496 e. The van der Waals surface area contributed by atoms with Gasteiger partial charge in [-0.1, -0.05) is 30.3 Å². The number of nitrogens with one attached hydrogen (secondary N) is 1. The number of rotatable bonds is 5. The van der Waals surface area contributed by atoms with E-state index in [1.54, 1.807) is 31.0 Å². The molecule has 6 heteroatoms. The fourth-order valence-electron chi connectivity index (χ4n) is 3.24. The SMILES string of the molecule is COc1cc(Br)c(C#N)cc1-c1cc2cc(SCc3ccccc3)ccc2[nH]c1=O. The first-order valence-electron chi connectivity index (χ1n) is 9.21. The highest BCUT2D eigenvalue weighted by Crippen LogP contribution is 2.35. The quantitative estimate of drug-likeness (QED) is 0.351. The van der Waals surface area contributed by atoms with Crippen molar-refractivity contribution in [3.63, 3.8) is 0 Å². The lowest BCUT2D eigenvalue weighted by Crippen LogP contribution is -2.09. The minimum atomic E-state index is -0.225. The van der Waals surface area contributed by atoms with E-state index >= 15 is 0 Å². The number of aromatic nitrogens is 1. The minimum absolute atomic E-state index is 0.225. The molecule has 0 fully saturated rings. The number of thioether (sulfide) groups is 1. The van der Waals surface area contributed by atoms with Crippen LogP contribution >= 0.6 is 27.7 Å². The zero-order chi connectivity index (χ0) is 21.1. The molecular formula is C24H17BrN2O2S. The van der Waals surface area contributed by atoms with Crippen LogP contribution in [0, 0.1) is 11.3 Å². The van der Waals surface area contributed by atoms with Crippen molar-refractivity contribution in [2.75, 3.05) is 7.11 Å². The first kappa shape index (κ1) is 20.3. The number of hydrogen-bond donors (Lipinski definition) is 1. The molecule has 0 aliphatic heterocycles. The number of fused-ring (bicyclic) bond motifs is 1. The standard InChI is InChI=1S/C24H17BrN2O2S/c1-29-23-12-21(25)17(13-26)11-19(23)20-10-16-9-18(7-8-22(16)27-24(20)28)30-14-15-5-3-2-4-6-15/h2-12H,14H2,1H3,(H,27,28). The molecule has 1 N–H and O–H groups in total. The van der Waals surface area contributed by atoms with E-state index in [1.165, 1.54) is 5.56 Å². The number of benzene rings is 3. The zero-order valence-corrected chi connectivity index (χ0v) is 18.5. The van der Waals surface area contributed by atoms with Gasteiger partial charge in [-0.25, -0.2) is 0 Å². The maximum absolute atomic E-state index is 12.8. The average molecular weight is 477 g/mol. The van der Waals surface area contributed by atoms with Crippen LogP contribution in [0.5, 0.6) is 5.75 Å². The molecule has 0 bridgehead atoms. The fraction of sp³-hybridized carbons (Fsp3) is 0.0833. The molecule has 0 spiro atoms. The summed E-state index contributed by atoms with van der Waals surface area (Å²) in [5, 5.41) is 10.3. The van der Waals surface area contributed by atoms with E-state index in [9.17, 15) is 10.1 Å². The molecule has 0 aliphatic carbocycles. The Labute approximate surface area is 186 Å². The highest BCUT2D eigenvalue weighted by molar-refractivity contribution is 9.10. The van der Waals surface area contributed by atoms with Gasteiger partial charge in [0.2, 0.25) is 0 Å². The third kappa shape index (κ3) is 4.13. The van der Waals surface area contributed by atoms with Crippen molar-refractivity contribution in [2.45, 2.75) is 10.6 Å². The van der Waals surface area contributed by atoms with Gasteiger partial charge in [-0.05, 0) is 63.3 Å². The Morgan fingerprint density at radius 1 is 1.07 bits per heavy atom. The number of nitriles is 1. The Balaban J connectivity index is 1.76. The molecule has 0 radical (unpaired) electrons. The van der Waals surface area contributed by atoms with Crippen LogP contribution in [0.1, 0.15) is 11.1 Å². The van der Waals surface area contributed by atoms with Gasteiger partial charge in [0.1, 0.15) is 11.8 Å². The van der Waals surface area contributed by atoms with E-state index in [0.717, 1.165) is 21.6 Å². The molecule has 0 unspecified atom stereocenters. The first-order valence-corrected chi connectivity index (χ1v) is 11.0. The lowest BCUT2D eigenvalue weighted by atomic mass is 10.0. The van der Waals surface area contributed by atoms with Crippen LogP contribution in [-0.2, 0) is 5.75 Å².